The Kier molecular flexibility index (Phi) is 4.03. The first-order valence-corrected chi connectivity index (χ1v) is 5.31. The Hall–Kier alpha value is -1.24. The second-order valence-electron chi connectivity index (χ2n) is 3.78. The molecule has 0 spiro atoms. The van der Waals surface area contributed by atoms with Crippen molar-refractivity contribution in [2.24, 2.45) is 11.8 Å². The predicted molar refractivity (Wildman–Crippen MR) is 58.4 cm³/mol. The third kappa shape index (κ3) is 3.13. The topological polar surface area (TPSA) is 82.3 Å². The number of hydrazine groups is 1. The van der Waals surface area contributed by atoms with Gasteiger partial charge in [0.25, 0.3) is 0 Å². The summed E-state index contributed by atoms with van der Waals surface area (Å²) in [5.41, 5.74) is 3.23. The second kappa shape index (κ2) is 5.74. The van der Waals surface area contributed by atoms with Gasteiger partial charge in [-0.1, -0.05) is 0 Å². The average molecular weight is 224 g/mol. The molecule has 1 saturated heterocycles. The minimum absolute atomic E-state index is 0.481. The molecule has 0 saturated carbocycles. The van der Waals surface area contributed by atoms with Gasteiger partial charge in [0, 0.05) is 12.5 Å². The molecule has 0 amide bonds. The first-order chi connectivity index (χ1) is 7.88. The summed E-state index contributed by atoms with van der Waals surface area (Å²) in [4.78, 5) is 8.20. The van der Waals surface area contributed by atoms with Crippen LogP contribution in [-0.4, -0.2) is 29.8 Å². The van der Waals surface area contributed by atoms with Crippen LogP contribution in [0.3, 0.4) is 0 Å². The molecule has 0 aliphatic carbocycles. The van der Waals surface area contributed by atoms with Crippen LogP contribution in [0.1, 0.15) is 12.1 Å². The van der Waals surface area contributed by atoms with Crippen LogP contribution in [0.5, 0.6) is 0 Å². The maximum Gasteiger partial charge on any atom is 0.158 e. The molecule has 2 heterocycles. The van der Waals surface area contributed by atoms with Crippen LogP contribution in [0.25, 0.3) is 0 Å². The first-order valence-electron chi connectivity index (χ1n) is 5.31. The highest BCUT2D eigenvalue weighted by molar-refractivity contribution is 5.28. The van der Waals surface area contributed by atoms with Gasteiger partial charge < -0.3 is 14.9 Å². The summed E-state index contributed by atoms with van der Waals surface area (Å²) in [6, 6.07) is 0. The van der Waals surface area contributed by atoms with E-state index in [2.05, 4.69) is 15.4 Å². The van der Waals surface area contributed by atoms with Crippen LogP contribution in [-0.2, 0) is 16.1 Å². The molecule has 0 radical (unpaired) electrons. The summed E-state index contributed by atoms with van der Waals surface area (Å²) < 4.78 is 10.8. The summed E-state index contributed by atoms with van der Waals surface area (Å²) in [7, 11) is 0. The molecule has 1 aliphatic rings. The quantitative estimate of drug-likeness (QED) is 0.553. The molecule has 3 N–H and O–H groups in total. The van der Waals surface area contributed by atoms with E-state index < -0.39 is 0 Å². The molecular weight excluding hydrogens is 208 g/mol. The SMILES string of the molecule is NNc1cnc(COCC2CCOC2)cn1. The highest BCUT2D eigenvalue weighted by atomic mass is 16.5. The third-order valence-corrected chi connectivity index (χ3v) is 2.48. The number of hydrogen-bond acceptors (Lipinski definition) is 6. The Morgan fingerprint density at radius 1 is 1.50 bits per heavy atom. The third-order valence-electron chi connectivity index (χ3n) is 2.48. The van der Waals surface area contributed by atoms with E-state index in [0.717, 1.165) is 31.9 Å². The molecular formula is C10H16N4O2. The van der Waals surface area contributed by atoms with Crippen molar-refractivity contribution in [3.8, 4) is 0 Å². The maximum absolute atomic E-state index is 5.54. The lowest BCUT2D eigenvalue weighted by atomic mass is 10.1. The smallest absolute Gasteiger partial charge is 0.158 e. The lowest BCUT2D eigenvalue weighted by Gasteiger charge is -2.08. The fourth-order valence-electron chi connectivity index (χ4n) is 1.55. The highest BCUT2D eigenvalue weighted by Crippen LogP contribution is 2.13. The fourth-order valence-corrected chi connectivity index (χ4v) is 1.55. The van der Waals surface area contributed by atoms with E-state index in [1.807, 2.05) is 0 Å². The Bertz CT molecular complexity index is 311. The maximum atomic E-state index is 5.54. The Morgan fingerprint density at radius 3 is 3.06 bits per heavy atom. The Balaban J connectivity index is 1.71. The number of nitrogens with zero attached hydrogens (tertiary/aromatic N) is 2. The second-order valence-corrected chi connectivity index (χ2v) is 3.78. The summed E-state index contributed by atoms with van der Waals surface area (Å²) in [5, 5.41) is 0. The fraction of sp³-hybridized carbons (Fsp3) is 0.600. The van der Waals surface area contributed by atoms with Gasteiger partial charge in [-0.2, -0.15) is 0 Å². The largest absolute Gasteiger partial charge is 0.381 e. The van der Waals surface area contributed by atoms with E-state index >= 15 is 0 Å². The molecule has 1 unspecified atom stereocenters. The van der Waals surface area contributed by atoms with Gasteiger partial charge in [-0.25, -0.2) is 10.8 Å². The molecule has 0 aromatic carbocycles. The number of nitrogen functional groups attached to an aromatic ring is 1. The highest BCUT2D eigenvalue weighted by Gasteiger charge is 2.15. The lowest BCUT2D eigenvalue weighted by molar-refractivity contribution is 0.0771. The van der Waals surface area contributed by atoms with E-state index in [-0.39, 0.29) is 0 Å². The van der Waals surface area contributed by atoms with Crippen LogP contribution in [0, 0.1) is 5.92 Å². The summed E-state index contributed by atoms with van der Waals surface area (Å²) >= 11 is 0. The number of ether oxygens (including phenoxy) is 2. The van der Waals surface area contributed by atoms with Crippen molar-refractivity contribution in [3.05, 3.63) is 18.1 Å². The van der Waals surface area contributed by atoms with Gasteiger partial charge in [0.2, 0.25) is 0 Å². The van der Waals surface area contributed by atoms with Crippen molar-refractivity contribution in [1.29, 1.82) is 0 Å². The van der Waals surface area contributed by atoms with Crippen LogP contribution in [0.2, 0.25) is 0 Å². The van der Waals surface area contributed by atoms with Gasteiger partial charge in [0.15, 0.2) is 5.82 Å². The standard InChI is InChI=1S/C10H16N4O2/c11-14-10-4-12-9(3-13-10)7-16-6-8-1-2-15-5-8/h3-4,8H,1-2,5-7,11H2,(H,13,14). The molecule has 1 atom stereocenters. The minimum atomic E-state index is 0.481. The number of aromatic nitrogens is 2. The minimum Gasteiger partial charge on any atom is -0.381 e. The Morgan fingerprint density at radius 2 is 2.44 bits per heavy atom. The van der Waals surface area contributed by atoms with Crippen molar-refractivity contribution < 1.29 is 9.47 Å². The van der Waals surface area contributed by atoms with Crippen LogP contribution in [0.4, 0.5) is 5.82 Å². The summed E-state index contributed by atoms with van der Waals surface area (Å²) in [6.07, 6.45) is 4.32. The number of anilines is 1. The molecule has 1 fully saturated rings. The number of nitrogens with two attached hydrogens (primary N) is 1. The Labute approximate surface area is 94.1 Å². The number of nitrogens with one attached hydrogen (secondary N) is 1. The van der Waals surface area contributed by atoms with Crippen molar-refractivity contribution >= 4 is 5.82 Å². The molecule has 88 valence electrons. The van der Waals surface area contributed by atoms with Gasteiger partial charge in [-0.05, 0) is 6.42 Å². The van der Waals surface area contributed by atoms with Gasteiger partial charge in [0.05, 0.1) is 37.9 Å². The van der Waals surface area contributed by atoms with E-state index in [1.165, 1.54) is 0 Å². The zero-order valence-electron chi connectivity index (χ0n) is 9.06. The first kappa shape index (κ1) is 11.3. The molecule has 1 aromatic rings. The molecule has 2 rings (SSSR count). The van der Waals surface area contributed by atoms with E-state index in [0.29, 0.717) is 18.3 Å². The van der Waals surface area contributed by atoms with Crippen molar-refractivity contribution in [1.82, 2.24) is 9.97 Å². The van der Waals surface area contributed by atoms with Crippen molar-refractivity contribution in [3.63, 3.8) is 0 Å². The van der Waals surface area contributed by atoms with Crippen LogP contribution in [0.15, 0.2) is 12.4 Å². The van der Waals surface area contributed by atoms with Crippen LogP contribution < -0.4 is 11.3 Å². The average Bonchev–Trinajstić information content (AvgIpc) is 2.83. The van der Waals surface area contributed by atoms with Crippen molar-refractivity contribution in [2.45, 2.75) is 13.0 Å². The molecule has 6 heteroatoms. The zero-order chi connectivity index (χ0) is 11.2. The van der Waals surface area contributed by atoms with Gasteiger partial charge in [-0.15, -0.1) is 0 Å². The predicted octanol–water partition coefficient (Wildman–Crippen LogP) is 0.315. The molecule has 1 aliphatic heterocycles. The lowest BCUT2D eigenvalue weighted by Crippen LogP contribution is -2.11. The zero-order valence-corrected chi connectivity index (χ0v) is 9.06. The summed E-state index contributed by atoms with van der Waals surface area (Å²) in [5.74, 6) is 6.26. The van der Waals surface area contributed by atoms with E-state index in [4.69, 9.17) is 15.3 Å². The van der Waals surface area contributed by atoms with Gasteiger partial charge in [-0.3, -0.25) is 4.98 Å². The van der Waals surface area contributed by atoms with E-state index in [9.17, 15) is 0 Å². The number of hydrogen-bond donors (Lipinski definition) is 2. The molecule has 6 nitrogen and oxygen atoms in total. The monoisotopic (exact) mass is 224 g/mol. The molecule has 16 heavy (non-hydrogen) atoms. The van der Waals surface area contributed by atoms with Gasteiger partial charge >= 0.3 is 0 Å². The van der Waals surface area contributed by atoms with Gasteiger partial charge in [0.1, 0.15) is 0 Å². The molecule has 1 aromatic heterocycles. The number of rotatable bonds is 5. The van der Waals surface area contributed by atoms with E-state index in [1.54, 1.807) is 12.4 Å². The summed E-state index contributed by atoms with van der Waals surface area (Å²) in [6.45, 7) is 2.86. The van der Waals surface area contributed by atoms with Crippen LogP contribution >= 0.6 is 0 Å². The van der Waals surface area contributed by atoms with Crippen molar-refractivity contribution in [2.75, 3.05) is 25.2 Å². The normalized spacial score (nSPS) is 19.9. The molecule has 0 bridgehead atoms.